The Morgan fingerprint density at radius 3 is 2.61 bits per heavy atom. The first-order valence-corrected chi connectivity index (χ1v) is 18.0. The number of primary sulfonamides is 1. The average Bonchev–Trinajstić information content (AvgIpc) is 3.59. The van der Waals surface area contributed by atoms with Crippen molar-refractivity contribution in [2.24, 2.45) is 17.0 Å². The highest BCUT2D eigenvalue weighted by Gasteiger charge is 2.28. The van der Waals surface area contributed by atoms with Crippen LogP contribution in [0.5, 0.6) is 0 Å². The van der Waals surface area contributed by atoms with Gasteiger partial charge in [-0.2, -0.15) is 0 Å². The van der Waals surface area contributed by atoms with E-state index in [4.69, 9.17) is 9.88 Å². The van der Waals surface area contributed by atoms with Gasteiger partial charge in [0, 0.05) is 41.1 Å². The normalized spacial score (nSPS) is 15.8. The molecular weight excluding hydrogens is 624 g/mol. The molecule has 2 aromatic carbocycles. The van der Waals surface area contributed by atoms with Crippen LogP contribution < -0.4 is 5.14 Å². The molecule has 4 aromatic rings. The maximum absolute atomic E-state index is 15.0. The molecule has 2 N–H and O–H groups in total. The Morgan fingerprint density at radius 2 is 1.91 bits per heavy atom. The molecule has 0 bridgehead atoms. The molecular formula is C35H37FN4O4S2. The third-order valence-corrected chi connectivity index (χ3v) is 10.4. The summed E-state index contributed by atoms with van der Waals surface area (Å²) in [7, 11) is -2.05. The van der Waals surface area contributed by atoms with Crippen LogP contribution in [0.4, 0.5) is 4.39 Å². The maximum atomic E-state index is 15.0. The number of piperidine rings is 1. The van der Waals surface area contributed by atoms with Gasteiger partial charge in [0.05, 0.1) is 12.3 Å². The van der Waals surface area contributed by atoms with E-state index in [-0.39, 0.29) is 12.3 Å². The van der Waals surface area contributed by atoms with Crippen LogP contribution >= 0.6 is 11.3 Å². The number of thiazole rings is 1. The molecule has 2 aliphatic rings. The Kier molecular flexibility index (Phi) is 9.43. The molecule has 11 heteroatoms. The van der Waals surface area contributed by atoms with Gasteiger partial charge in [0.2, 0.25) is 10.0 Å². The quantitative estimate of drug-likeness (QED) is 0.176. The summed E-state index contributed by atoms with van der Waals surface area (Å²) >= 11 is 1.38. The summed E-state index contributed by atoms with van der Waals surface area (Å²) in [5, 5.41) is 7.62. The molecule has 1 saturated carbocycles. The second kappa shape index (κ2) is 13.5. The molecule has 0 spiro atoms. The Morgan fingerprint density at radius 1 is 1.13 bits per heavy atom. The summed E-state index contributed by atoms with van der Waals surface area (Å²) in [6.45, 7) is 4.86. The fourth-order valence-electron chi connectivity index (χ4n) is 5.85. The van der Waals surface area contributed by atoms with Crippen LogP contribution in [0.3, 0.4) is 0 Å². The number of esters is 1. The number of carbonyl (C=O) groups excluding carboxylic acids is 1. The minimum absolute atomic E-state index is 0.260. The van der Waals surface area contributed by atoms with Gasteiger partial charge in [-0.25, -0.2) is 27.7 Å². The van der Waals surface area contributed by atoms with Crippen molar-refractivity contribution in [3.8, 4) is 33.7 Å². The van der Waals surface area contributed by atoms with Crippen molar-refractivity contribution in [1.29, 1.82) is 0 Å². The van der Waals surface area contributed by atoms with Gasteiger partial charge in [-0.15, -0.1) is 11.3 Å². The van der Waals surface area contributed by atoms with Gasteiger partial charge in [0.1, 0.15) is 15.7 Å². The number of rotatable bonds is 9. The Labute approximate surface area is 273 Å². The molecule has 0 amide bonds. The summed E-state index contributed by atoms with van der Waals surface area (Å²) in [6, 6.07) is 14.3. The second-order valence-corrected chi connectivity index (χ2v) is 14.5. The molecule has 0 unspecified atom stereocenters. The zero-order valence-corrected chi connectivity index (χ0v) is 27.6. The van der Waals surface area contributed by atoms with Crippen molar-refractivity contribution in [3.63, 3.8) is 0 Å². The summed E-state index contributed by atoms with van der Waals surface area (Å²) < 4.78 is 46.1. The molecule has 2 aromatic heterocycles. The van der Waals surface area contributed by atoms with Crippen LogP contribution in [-0.4, -0.2) is 55.6 Å². The highest BCUT2D eigenvalue weighted by Crippen LogP contribution is 2.40. The van der Waals surface area contributed by atoms with E-state index in [0.717, 1.165) is 73.4 Å². The lowest BCUT2D eigenvalue weighted by Crippen LogP contribution is -2.29. The highest BCUT2D eigenvalue weighted by molar-refractivity contribution is 7.89. The number of sulfonamides is 1. The molecule has 6 rings (SSSR count). The van der Waals surface area contributed by atoms with Gasteiger partial charge in [-0.3, -0.25) is 0 Å². The van der Waals surface area contributed by atoms with Crippen molar-refractivity contribution in [2.75, 3.05) is 26.7 Å². The van der Waals surface area contributed by atoms with Gasteiger partial charge in [0.15, 0.2) is 5.69 Å². The zero-order chi connectivity index (χ0) is 32.4. The first kappa shape index (κ1) is 32.1. The van der Waals surface area contributed by atoms with Gasteiger partial charge in [0.25, 0.3) is 0 Å². The smallest absolute Gasteiger partial charge is 0.357 e. The van der Waals surface area contributed by atoms with E-state index in [1.165, 1.54) is 23.5 Å². The molecule has 240 valence electrons. The van der Waals surface area contributed by atoms with Crippen molar-refractivity contribution >= 4 is 27.3 Å². The van der Waals surface area contributed by atoms with Gasteiger partial charge >= 0.3 is 5.97 Å². The van der Waals surface area contributed by atoms with E-state index in [1.807, 2.05) is 18.2 Å². The summed E-state index contributed by atoms with van der Waals surface area (Å²) in [6.07, 6.45) is 4.67. The molecule has 46 heavy (non-hydrogen) atoms. The van der Waals surface area contributed by atoms with E-state index in [9.17, 15) is 17.6 Å². The minimum Gasteiger partial charge on any atom is -0.461 e. The van der Waals surface area contributed by atoms with E-state index in [2.05, 4.69) is 45.5 Å². The number of nitrogens with two attached hydrogens (primary N) is 1. The molecule has 2 fully saturated rings. The fourth-order valence-corrected chi connectivity index (χ4v) is 7.25. The zero-order valence-electron chi connectivity index (χ0n) is 26.0. The molecule has 8 nitrogen and oxygen atoms in total. The number of ether oxygens (including phenoxy) is 1. The number of aromatic nitrogens is 2. The third-order valence-electron chi connectivity index (χ3n) is 8.54. The SMILES string of the molecule is CCOC(=O)c1csc(-c2cc(-c3cccc(C#CC4CCN(C)CC4)c3)c(Cc3ccc(S(N)(=O)=O)c(F)c3)n2CC2CC2)n1. The van der Waals surface area contributed by atoms with Crippen LogP contribution in [0.2, 0.25) is 0 Å². The molecule has 1 aliphatic heterocycles. The number of halogens is 1. The molecule has 0 radical (unpaired) electrons. The first-order chi connectivity index (χ1) is 22.1. The minimum atomic E-state index is -4.19. The number of benzene rings is 2. The number of likely N-dealkylation sites (tertiary alicyclic amines) is 1. The van der Waals surface area contributed by atoms with Crippen molar-refractivity contribution in [2.45, 2.75) is 50.5 Å². The number of hydrogen-bond acceptors (Lipinski definition) is 7. The predicted molar refractivity (Wildman–Crippen MR) is 177 cm³/mol. The lowest BCUT2D eigenvalue weighted by molar-refractivity contribution is 0.0520. The summed E-state index contributed by atoms with van der Waals surface area (Å²) in [5.41, 5.74) is 5.50. The number of carbonyl (C=O) groups is 1. The van der Waals surface area contributed by atoms with E-state index in [1.54, 1.807) is 18.4 Å². The first-order valence-electron chi connectivity index (χ1n) is 15.6. The third kappa shape index (κ3) is 7.42. The monoisotopic (exact) mass is 660 g/mol. The van der Waals surface area contributed by atoms with Crippen LogP contribution in [0, 0.1) is 29.5 Å². The standard InChI is InChI=1S/C35H37FN4O4S2/c1-3-44-35(41)30-22-45-34(38-30)32-20-28(27-6-4-5-24(17-27)8-7-23-13-15-39(2)16-14-23)31(40(32)21-25-9-10-25)19-26-11-12-33(29(36)18-26)46(37,42)43/h4-6,11-12,17-18,20,22-23,25H,3,9-10,13-16,19,21H2,1-2H3,(H2,37,42,43). The highest BCUT2D eigenvalue weighted by atomic mass is 32.2. The summed E-state index contributed by atoms with van der Waals surface area (Å²) in [5.74, 6) is 6.40. The Bertz CT molecular complexity index is 1930. The van der Waals surface area contributed by atoms with Crippen molar-refractivity contribution < 1.29 is 22.3 Å². The van der Waals surface area contributed by atoms with Gasteiger partial charge in [-0.05, 0) is 100 Å². The van der Waals surface area contributed by atoms with Gasteiger partial charge in [-0.1, -0.05) is 30.0 Å². The van der Waals surface area contributed by atoms with Gasteiger partial charge < -0.3 is 14.2 Å². The Hall–Kier alpha value is -3.82. The van der Waals surface area contributed by atoms with Crippen LogP contribution in [0.25, 0.3) is 21.8 Å². The molecule has 1 aliphatic carbocycles. The van der Waals surface area contributed by atoms with E-state index < -0.39 is 26.7 Å². The van der Waals surface area contributed by atoms with Crippen molar-refractivity contribution in [1.82, 2.24) is 14.5 Å². The average molecular weight is 661 g/mol. The summed E-state index contributed by atoms with van der Waals surface area (Å²) in [4.78, 5) is 18.9. The maximum Gasteiger partial charge on any atom is 0.357 e. The van der Waals surface area contributed by atoms with Crippen LogP contribution in [-0.2, 0) is 27.7 Å². The van der Waals surface area contributed by atoms with Crippen LogP contribution in [0.15, 0.2) is 58.8 Å². The predicted octanol–water partition coefficient (Wildman–Crippen LogP) is 5.94. The largest absolute Gasteiger partial charge is 0.461 e. The lowest BCUT2D eigenvalue weighted by Gasteiger charge is -2.25. The number of hydrogen-bond donors (Lipinski definition) is 1. The molecule has 1 saturated heterocycles. The Balaban J connectivity index is 1.44. The van der Waals surface area contributed by atoms with Crippen LogP contribution in [0.1, 0.15) is 59.9 Å². The van der Waals surface area contributed by atoms with E-state index >= 15 is 0 Å². The van der Waals surface area contributed by atoms with Crippen molar-refractivity contribution in [3.05, 3.63) is 82.2 Å². The molecule has 0 atom stereocenters. The van der Waals surface area contributed by atoms with E-state index in [0.29, 0.717) is 28.8 Å². The topological polar surface area (TPSA) is 108 Å². The fraction of sp³-hybridized carbons (Fsp3) is 0.371. The second-order valence-electron chi connectivity index (χ2n) is 12.1. The molecule has 3 heterocycles. The number of nitrogens with zero attached hydrogens (tertiary/aromatic N) is 3. The lowest BCUT2D eigenvalue weighted by atomic mass is 9.96.